The van der Waals surface area contributed by atoms with Crippen LogP contribution in [0.5, 0.6) is 0 Å². The summed E-state index contributed by atoms with van der Waals surface area (Å²) in [4.78, 5) is 30.9. The molecule has 1 aliphatic rings. The Bertz CT molecular complexity index is 1430. The number of carbonyl (C=O) groups excluding carboxylic acids is 2. The number of nitriles is 1. The highest BCUT2D eigenvalue weighted by molar-refractivity contribution is 7.92. The summed E-state index contributed by atoms with van der Waals surface area (Å²) in [5.74, 6) is -1.38. The Morgan fingerprint density at radius 3 is 2.30 bits per heavy atom. The van der Waals surface area contributed by atoms with E-state index in [1.165, 1.54) is 42.7 Å². The Kier molecular flexibility index (Phi) is 5.44. The zero-order valence-electron chi connectivity index (χ0n) is 17.5. The molecule has 1 aliphatic heterocycles. The average Bonchev–Trinajstić information content (AvgIpc) is 3.07. The highest BCUT2D eigenvalue weighted by Crippen LogP contribution is 2.37. The van der Waals surface area contributed by atoms with Crippen LogP contribution in [0.4, 0.5) is 11.4 Å². The molecule has 4 rings (SSSR count). The molecule has 2 amide bonds. The monoisotopic (exact) mass is 480 g/mol. The van der Waals surface area contributed by atoms with E-state index >= 15 is 0 Å². The molecular weight excluding hydrogens is 464 g/mol. The molecular formula is C23H17ClN4O4S. The largest absolute Gasteiger partial charge is 0.279 e. The molecule has 0 saturated carbocycles. The maximum absolute atomic E-state index is 13.1. The van der Waals surface area contributed by atoms with Crippen molar-refractivity contribution in [1.29, 1.82) is 5.26 Å². The van der Waals surface area contributed by atoms with E-state index in [9.17, 15) is 23.3 Å². The number of nitrogens with one attached hydrogen (secondary N) is 1. The topological polar surface area (TPSA) is 120 Å². The molecule has 1 aromatic heterocycles. The van der Waals surface area contributed by atoms with Crippen molar-refractivity contribution in [2.24, 2.45) is 0 Å². The lowest BCUT2D eigenvalue weighted by molar-refractivity contribution is 0.0926. The van der Waals surface area contributed by atoms with Gasteiger partial charge in [0.05, 0.1) is 50.1 Å². The van der Waals surface area contributed by atoms with Crippen molar-refractivity contribution in [1.82, 2.24) is 4.98 Å². The summed E-state index contributed by atoms with van der Waals surface area (Å²) in [6.07, 6.45) is 2.85. The Balaban J connectivity index is 1.73. The third kappa shape index (κ3) is 3.84. The number of rotatable bonds is 5. The van der Waals surface area contributed by atoms with E-state index in [0.29, 0.717) is 5.56 Å². The summed E-state index contributed by atoms with van der Waals surface area (Å²) in [6, 6.07) is 13.8. The third-order valence-corrected chi connectivity index (χ3v) is 7.00. The van der Waals surface area contributed by atoms with Gasteiger partial charge >= 0.3 is 0 Å². The van der Waals surface area contributed by atoms with Gasteiger partial charge < -0.3 is 0 Å². The summed E-state index contributed by atoms with van der Waals surface area (Å²) in [6.45, 7) is 3.45. The molecule has 10 heteroatoms. The van der Waals surface area contributed by atoms with Crippen LogP contribution in [0.15, 0.2) is 65.8 Å². The number of hydrogen-bond acceptors (Lipinski definition) is 6. The molecule has 0 aliphatic carbocycles. The summed E-state index contributed by atoms with van der Waals surface area (Å²) in [7, 11) is -4.11. The van der Waals surface area contributed by atoms with Crippen LogP contribution in [-0.2, 0) is 15.4 Å². The molecule has 0 fully saturated rings. The fourth-order valence-electron chi connectivity index (χ4n) is 3.45. The normalized spacial score (nSPS) is 13.6. The zero-order chi connectivity index (χ0) is 24.0. The number of carbonyl (C=O) groups is 2. The highest BCUT2D eigenvalue weighted by atomic mass is 35.5. The first-order valence-corrected chi connectivity index (χ1v) is 11.6. The quantitative estimate of drug-likeness (QED) is 0.548. The number of sulfonamides is 1. The fraction of sp³-hybridized carbons (Fsp3) is 0.130. The van der Waals surface area contributed by atoms with E-state index in [0.717, 1.165) is 4.90 Å². The number of nitrogens with zero attached hydrogens (tertiary/aromatic N) is 3. The Labute approximate surface area is 195 Å². The van der Waals surface area contributed by atoms with E-state index in [1.54, 1.807) is 32.0 Å². The number of benzene rings is 2. The van der Waals surface area contributed by atoms with Gasteiger partial charge in [-0.2, -0.15) is 5.26 Å². The smallest absolute Gasteiger partial charge is 0.268 e. The van der Waals surface area contributed by atoms with Crippen LogP contribution in [-0.4, -0.2) is 25.2 Å². The van der Waals surface area contributed by atoms with E-state index in [2.05, 4.69) is 15.8 Å². The van der Waals surface area contributed by atoms with Crippen LogP contribution in [0.3, 0.4) is 0 Å². The van der Waals surface area contributed by atoms with Crippen LogP contribution in [0.25, 0.3) is 0 Å². The fourth-order valence-corrected chi connectivity index (χ4v) is 4.76. The van der Waals surface area contributed by atoms with E-state index < -0.39 is 27.3 Å². The molecule has 0 atom stereocenters. The van der Waals surface area contributed by atoms with Gasteiger partial charge in [0.1, 0.15) is 0 Å². The van der Waals surface area contributed by atoms with Crippen molar-refractivity contribution in [3.8, 4) is 6.07 Å². The van der Waals surface area contributed by atoms with Gasteiger partial charge in [0.2, 0.25) is 0 Å². The number of hydrogen-bond donors (Lipinski definition) is 1. The molecule has 0 bridgehead atoms. The van der Waals surface area contributed by atoms with Gasteiger partial charge in [-0.05, 0) is 55.8 Å². The molecule has 0 radical (unpaired) electrons. The van der Waals surface area contributed by atoms with E-state index in [-0.39, 0.29) is 32.4 Å². The van der Waals surface area contributed by atoms with Crippen molar-refractivity contribution < 1.29 is 18.0 Å². The van der Waals surface area contributed by atoms with Gasteiger partial charge in [-0.3, -0.25) is 19.3 Å². The SMILES string of the molecule is CC(C)(C#N)c1ccc(S(=O)(=O)Nc2ccc(Cl)c3c2C(=O)N(c2cccnc2)C3=O)cc1. The maximum atomic E-state index is 13.1. The Morgan fingerprint density at radius 2 is 1.70 bits per heavy atom. The minimum absolute atomic E-state index is 0.0285. The molecule has 0 spiro atoms. The predicted octanol–water partition coefficient (Wildman–Crippen LogP) is 4.14. The Hall–Kier alpha value is -3.74. The first-order valence-electron chi connectivity index (χ1n) is 9.73. The van der Waals surface area contributed by atoms with Crippen LogP contribution < -0.4 is 9.62 Å². The third-order valence-electron chi connectivity index (χ3n) is 5.30. The summed E-state index contributed by atoms with van der Waals surface area (Å²) < 4.78 is 28.4. The molecule has 3 aromatic rings. The lowest BCUT2D eigenvalue weighted by atomic mass is 9.87. The van der Waals surface area contributed by atoms with Gasteiger partial charge in [0.25, 0.3) is 21.8 Å². The molecule has 0 saturated heterocycles. The Morgan fingerprint density at radius 1 is 1.03 bits per heavy atom. The van der Waals surface area contributed by atoms with Crippen molar-refractivity contribution >= 4 is 44.8 Å². The van der Waals surface area contributed by atoms with Crippen molar-refractivity contribution in [3.63, 3.8) is 0 Å². The van der Waals surface area contributed by atoms with Crippen LogP contribution in [0.1, 0.15) is 40.1 Å². The summed E-state index contributed by atoms with van der Waals surface area (Å²) >= 11 is 6.20. The van der Waals surface area contributed by atoms with Gasteiger partial charge in [0.15, 0.2) is 0 Å². The second-order valence-corrected chi connectivity index (χ2v) is 9.96. The van der Waals surface area contributed by atoms with Gasteiger partial charge in [-0.15, -0.1) is 0 Å². The first-order chi connectivity index (χ1) is 15.6. The number of pyridine rings is 1. The number of imide groups is 1. The molecule has 8 nitrogen and oxygen atoms in total. The van der Waals surface area contributed by atoms with Crippen LogP contribution in [0, 0.1) is 11.3 Å². The standard InChI is InChI=1S/C23H17ClN4O4S/c1-23(2,13-25)14-5-7-16(8-6-14)33(31,32)27-18-10-9-17(24)19-20(18)22(30)28(21(19)29)15-4-3-11-26-12-15/h3-12,27H,1-2H3. The lowest BCUT2D eigenvalue weighted by Gasteiger charge is -2.16. The second kappa shape index (κ2) is 7.99. The van der Waals surface area contributed by atoms with Crippen LogP contribution in [0.2, 0.25) is 5.02 Å². The average molecular weight is 481 g/mol. The van der Waals surface area contributed by atoms with Crippen molar-refractivity contribution in [3.05, 3.63) is 82.6 Å². The lowest BCUT2D eigenvalue weighted by Crippen LogP contribution is -2.29. The second-order valence-electron chi connectivity index (χ2n) is 7.87. The number of halogens is 1. The number of fused-ring (bicyclic) bond motifs is 1. The first kappa shape index (κ1) is 22.5. The predicted molar refractivity (Wildman–Crippen MR) is 123 cm³/mol. The number of amides is 2. The highest BCUT2D eigenvalue weighted by Gasteiger charge is 2.41. The molecule has 2 heterocycles. The molecule has 33 heavy (non-hydrogen) atoms. The van der Waals surface area contributed by atoms with Gasteiger partial charge in [-0.1, -0.05) is 23.7 Å². The van der Waals surface area contributed by atoms with Gasteiger partial charge in [0, 0.05) is 6.20 Å². The number of aromatic nitrogens is 1. The zero-order valence-corrected chi connectivity index (χ0v) is 19.1. The van der Waals surface area contributed by atoms with E-state index in [1.807, 2.05) is 0 Å². The van der Waals surface area contributed by atoms with Crippen molar-refractivity contribution in [2.45, 2.75) is 24.2 Å². The molecule has 2 aromatic carbocycles. The molecule has 166 valence electrons. The summed E-state index contributed by atoms with van der Waals surface area (Å²) in [5.41, 5.74) is -0.178. The van der Waals surface area contributed by atoms with Gasteiger partial charge in [-0.25, -0.2) is 13.3 Å². The van der Waals surface area contributed by atoms with Crippen LogP contribution >= 0.6 is 11.6 Å². The summed E-state index contributed by atoms with van der Waals surface area (Å²) in [5, 5.41) is 9.30. The molecule has 1 N–H and O–H groups in total. The minimum Gasteiger partial charge on any atom is -0.279 e. The maximum Gasteiger partial charge on any atom is 0.268 e. The van der Waals surface area contributed by atoms with E-state index in [4.69, 9.17) is 11.6 Å². The number of anilines is 2. The van der Waals surface area contributed by atoms with Crippen molar-refractivity contribution in [2.75, 3.05) is 9.62 Å². The molecule has 0 unspecified atom stereocenters. The minimum atomic E-state index is -4.11.